The maximum Gasteiger partial charge on any atom is 0.228 e. The molecule has 2 aromatic heterocycles. The Morgan fingerprint density at radius 2 is 2.30 bits per heavy atom. The lowest BCUT2D eigenvalue weighted by Crippen LogP contribution is -2.45. The first-order valence-electron chi connectivity index (χ1n) is 9.14. The summed E-state index contributed by atoms with van der Waals surface area (Å²) in [7, 11) is 4.03. The first-order valence-corrected chi connectivity index (χ1v) is 10.0. The van der Waals surface area contributed by atoms with Crippen LogP contribution in [0.1, 0.15) is 35.5 Å². The molecule has 0 radical (unpaired) electrons. The number of rotatable bonds is 6. The summed E-state index contributed by atoms with van der Waals surface area (Å²) in [6.45, 7) is 4.61. The van der Waals surface area contributed by atoms with E-state index in [1.54, 1.807) is 7.05 Å². The van der Waals surface area contributed by atoms with Crippen molar-refractivity contribution in [2.45, 2.75) is 32.2 Å². The summed E-state index contributed by atoms with van der Waals surface area (Å²) in [5.74, 6) is 2.71. The fourth-order valence-electron chi connectivity index (χ4n) is 3.56. The van der Waals surface area contributed by atoms with Crippen LogP contribution in [0.3, 0.4) is 0 Å². The highest BCUT2D eigenvalue weighted by atomic mass is 127. The summed E-state index contributed by atoms with van der Waals surface area (Å²) < 4.78 is 5.14. The Morgan fingerprint density at radius 3 is 2.96 bits per heavy atom. The van der Waals surface area contributed by atoms with E-state index in [0.717, 1.165) is 19.0 Å². The molecule has 2 N–H and O–H groups in total. The van der Waals surface area contributed by atoms with E-state index in [4.69, 9.17) is 4.52 Å². The molecule has 3 heterocycles. The molecule has 2 unspecified atom stereocenters. The van der Waals surface area contributed by atoms with E-state index in [2.05, 4.69) is 55.2 Å². The third-order valence-corrected chi connectivity index (χ3v) is 5.74. The molecule has 1 fully saturated rings. The molecule has 150 valence electrons. The van der Waals surface area contributed by atoms with E-state index >= 15 is 0 Å². The second-order valence-electron chi connectivity index (χ2n) is 6.71. The van der Waals surface area contributed by atoms with Crippen molar-refractivity contribution in [3.05, 3.63) is 34.1 Å². The number of nitrogens with one attached hydrogen (secondary N) is 2. The molecule has 0 spiro atoms. The van der Waals surface area contributed by atoms with Crippen LogP contribution in [0.2, 0.25) is 0 Å². The Kier molecular flexibility index (Phi) is 8.97. The maximum atomic E-state index is 5.14. The summed E-state index contributed by atoms with van der Waals surface area (Å²) in [6, 6.07) is 4.88. The smallest absolute Gasteiger partial charge is 0.228 e. The molecule has 0 aliphatic carbocycles. The van der Waals surface area contributed by atoms with Gasteiger partial charge in [0.05, 0.1) is 0 Å². The standard InChI is InChI=1S/C18H28N6OS.HI/c1-13-22-16(25-23-13)8-9-20-18(19-2)21-12-14-6-4-10-24(3)17(14)15-7-5-11-26-15;/h5,7,11,14,17H,4,6,8-10,12H2,1-3H3,(H2,19,20,21);1H. The number of piperidine rings is 1. The van der Waals surface area contributed by atoms with E-state index in [0.29, 0.717) is 36.6 Å². The lowest BCUT2D eigenvalue weighted by atomic mass is 9.88. The van der Waals surface area contributed by atoms with Crippen LogP contribution in [0.5, 0.6) is 0 Å². The van der Waals surface area contributed by atoms with Crippen LogP contribution in [-0.2, 0) is 6.42 Å². The SMILES string of the molecule is CN=C(NCCc1nc(C)no1)NCC1CCCN(C)C1c1cccs1.I. The predicted octanol–water partition coefficient (Wildman–Crippen LogP) is 2.85. The van der Waals surface area contributed by atoms with Gasteiger partial charge in [0.25, 0.3) is 0 Å². The van der Waals surface area contributed by atoms with E-state index in [1.807, 2.05) is 18.3 Å². The van der Waals surface area contributed by atoms with Gasteiger partial charge in [0.15, 0.2) is 11.8 Å². The Labute approximate surface area is 182 Å². The average molecular weight is 504 g/mol. The lowest BCUT2D eigenvalue weighted by molar-refractivity contribution is 0.125. The highest BCUT2D eigenvalue weighted by Crippen LogP contribution is 2.36. The molecule has 1 saturated heterocycles. The summed E-state index contributed by atoms with van der Waals surface area (Å²) >= 11 is 1.85. The van der Waals surface area contributed by atoms with Gasteiger partial charge in [-0.15, -0.1) is 35.3 Å². The van der Waals surface area contributed by atoms with Gasteiger partial charge in [-0.25, -0.2) is 0 Å². The number of guanidine groups is 1. The molecule has 0 aromatic carbocycles. The van der Waals surface area contributed by atoms with Gasteiger partial charge in [-0.2, -0.15) is 4.98 Å². The molecule has 7 nitrogen and oxygen atoms in total. The van der Waals surface area contributed by atoms with Crippen LogP contribution >= 0.6 is 35.3 Å². The number of likely N-dealkylation sites (tertiary alicyclic amines) is 1. The number of aryl methyl sites for hydroxylation is 1. The zero-order valence-corrected chi connectivity index (χ0v) is 19.3. The van der Waals surface area contributed by atoms with Crippen LogP contribution in [0, 0.1) is 12.8 Å². The van der Waals surface area contributed by atoms with Crippen LogP contribution in [0.4, 0.5) is 0 Å². The molecule has 27 heavy (non-hydrogen) atoms. The number of hydrogen-bond acceptors (Lipinski definition) is 6. The Bertz CT molecular complexity index is 705. The third-order valence-electron chi connectivity index (χ3n) is 4.80. The predicted molar refractivity (Wildman–Crippen MR) is 120 cm³/mol. The van der Waals surface area contributed by atoms with Crippen LogP contribution in [-0.4, -0.2) is 54.7 Å². The number of thiophene rings is 1. The maximum absolute atomic E-state index is 5.14. The second kappa shape index (κ2) is 11.0. The summed E-state index contributed by atoms with van der Waals surface area (Å²) in [5, 5.41) is 12.8. The molecule has 1 aliphatic rings. The molecule has 9 heteroatoms. The van der Waals surface area contributed by atoms with Crippen molar-refractivity contribution in [1.82, 2.24) is 25.7 Å². The third kappa shape index (κ3) is 6.15. The van der Waals surface area contributed by atoms with Crippen molar-refractivity contribution in [1.29, 1.82) is 0 Å². The zero-order valence-electron chi connectivity index (χ0n) is 16.1. The summed E-state index contributed by atoms with van der Waals surface area (Å²) in [5.41, 5.74) is 0. The van der Waals surface area contributed by atoms with Gasteiger partial charge in [-0.3, -0.25) is 9.89 Å². The first-order chi connectivity index (χ1) is 12.7. The van der Waals surface area contributed by atoms with Gasteiger partial charge in [-0.1, -0.05) is 11.2 Å². The minimum atomic E-state index is 0. The Hall–Kier alpha value is -1.20. The molecule has 3 rings (SSSR count). The van der Waals surface area contributed by atoms with Crippen LogP contribution < -0.4 is 10.6 Å². The fourth-order valence-corrected chi connectivity index (χ4v) is 4.54. The summed E-state index contributed by atoms with van der Waals surface area (Å²) in [4.78, 5) is 12.5. The van der Waals surface area contributed by atoms with E-state index in [9.17, 15) is 0 Å². The Balaban J connectivity index is 0.00000261. The number of halogens is 1. The lowest BCUT2D eigenvalue weighted by Gasteiger charge is -2.39. The highest BCUT2D eigenvalue weighted by molar-refractivity contribution is 14.0. The largest absolute Gasteiger partial charge is 0.356 e. The monoisotopic (exact) mass is 504 g/mol. The van der Waals surface area contributed by atoms with Gasteiger partial charge < -0.3 is 15.2 Å². The van der Waals surface area contributed by atoms with E-state index < -0.39 is 0 Å². The van der Waals surface area contributed by atoms with E-state index in [1.165, 1.54) is 17.7 Å². The molecule has 0 saturated carbocycles. The Morgan fingerprint density at radius 1 is 1.44 bits per heavy atom. The molecular formula is C18H29IN6OS. The van der Waals surface area contributed by atoms with Gasteiger partial charge in [0, 0.05) is 37.5 Å². The molecule has 2 atom stereocenters. The van der Waals surface area contributed by atoms with E-state index in [-0.39, 0.29) is 24.0 Å². The molecular weight excluding hydrogens is 475 g/mol. The van der Waals surface area contributed by atoms with Gasteiger partial charge in [0.1, 0.15) is 0 Å². The van der Waals surface area contributed by atoms with Gasteiger partial charge >= 0.3 is 0 Å². The van der Waals surface area contributed by atoms with Crippen LogP contribution in [0.15, 0.2) is 27.0 Å². The topological polar surface area (TPSA) is 78.6 Å². The molecule has 0 bridgehead atoms. The molecule has 0 amide bonds. The fraction of sp³-hybridized carbons (Fsp3) is 0.611. The van der Waals surface area contributed by atoms with Crippen molar-refractivity contribution in [2.75, 3.05) is 33.7 Å². The van der Waals surface area contributed by atoms with Crippen molar-refractivity contribution < 1.29 is 4.52 Å². The number of nitrogens with zero attached hydrogens (tertiary/aromatic N) is 4. The minimum Gasteiger partial charge on any atom is -0.356 e. The van der Waals surface area contributed by atoms with Crippen molar-refractivity contribution in [3.8, 4) is 0 Å². The van der Waals surface area contributed by atoms with Crippen LogP contribution in [0.25, 0.3) is 0 Å². The molecule has 2 aromatic rings. The zero-order chi connectivity index (χ0) is 18.4. The number of aliphatic imine (C=N–C) groups is 1. The molecule has 1 aliphatic heterocycles. The summed E-state index contributed by atoms with van der Waals surface area (Å²) in [6.07, 6.45) is 3.16. The minimum absolute atomic E-state index is 0. The van der Waals surface area contributed by atoms with Crippen molar-refractivity contribution >= 4 is 41.3 Å². The van der Waals surface area contributed by atoms with Gasteiger partial charge in [-0.05, 0) is 50.7 Å². The second-order valence-corrected chi connectivity index (χ2v) is 7.69. The normalized spacial score (nSPS) is 20.9. The average Bonchev–Trinajstić information content (AvgIpc) is 3.30. The number of hydrogen-bond donors (Lipinski definition) is 2. The van der Waals surface area contributed by atoms with Crippen molar-refractivity contribution in [2.24, 2.45) is 10.9 Å². The highest BCUT2D eigenvalue weighted by Gasteiger charge is 2.31. The van der Waals surface area contributed by atoms with Crippen molar-refractivity contribution in [3.63, 3.8) is 0 Å². The quantitative estimate of drug-likeness (QED) is 0.358. The first kappa shape index (κ1) is 22.1. The van der Waals surface area contributed by atoms with Gasteiger partial charge in [0.2, 0.25) is 5.89 Å². The number of aromatic nitrogens is 2.